The first kappa shape index (κ1) is 19.5. The Morgan fingerprint density at radius 2 is 1.40 bits per heavy atom. The number of pyridine rings is 1. The van der Waals surface area contributed by atoms with E-state index >= 15 is 0 Å². The van der Waals surface area contributed by atoms with Gasteiger partial charge in [-0.15, -0.1) is 0 Å². The zero-order valence-electron chi connectivity index (χ0n) is 16.2. The highest BCUT2D eigenvalue weighted by Crippen LogP contribution is 2.30. The van der Waals surface area contributed by atoms with E-state index in [2.05, 4.69) is 4.98 Å². The Bertz CT molecular complexity index is 1080. The molecule has 1 N–H and O–H groups in total. The van der Waals surface area contributed by atoms with Gasteiger partial charge in [0.05, 0.1) is 5.69 Å². The fourth-order valence-corrected chi connectivity index (χ4v) is 2.91. The molecule has 4 aromatic rings. The van der Waals surface area contributed by atoms with E-state index in [1.807, 2.05) is 78.9 Å². The minimum atomic E-state index is -1.47. The van der Waals surface area contributed by atoms with Gasteiger partial charge in [0.1, 0.15) is 18.1 Å². The molecule has 0 spiro atoms. The van der Waals surface area contributed by atoms with Crippen LogP contribution in [0.3, 0.4) is 0 Å². The molecule has 1 aromatic heterocycles. The lowest BCUT2D eigenvalue weighted by molar-refractivity contribution is 0.293. The molecule has 0 aliphatic heterocycles. The van der Waals surface area contributed by atoms with Gasteiger partial charge in [0.15, 0.2) is 5.88 Å². The van der Waals surface area contributed by atoms with Gasteiger partial charge in [-0.2, -0.15) is 0 Å². The van der Waals surface area contributed by atoms with Crippen molar-refractivity contribution in [3.8, 4) is 28.6 Å². The summed E-state index contributed by atoms with van der Waals surface area (Å²) >= 11 is 0. The van der Waals surface area contributed by atoms with E-state index < -0.39 is 7.32 Å². The SMILES string of the molecule is OB(Oc1ccccc1)Oc1cccc(-c2ccccc2OCc2ccccc2)n1. The Balaban J connectivity index is 1.48. The Kier molecular flexibility index (Phi) is 6.27. The van der Waals surface area contributed by atoms with Crippen LogP contribution in [0.2, 0.25) is 0 Å². The third-order valence-electron chi connectivity index (χ3n) is 4.33. The molecule has 4 rings (SSSR count). The van der Waals surface area contributed by atoms with Gasteiger partial charge >= 0.3 is 7.32 Å². The summed E-state index contributed by atoms with van der Waals surface area (Å²) in [5.41, 5.74) is 2.58. The highest BCUT2D eigenvalue weighted by molar-refractivity contribution is 6.36. The summed E-state index contributed by atoms with van der Waals surface area (Å²) in [7, 11) is -1.47. The average molecular weight is 397 g/mol. The molecule has 148 valence electrons. The summed E-state index contributed by atoms with van der Waals surface area (Å²) in [5.74, 6) is 1.46. The Labute approximate surface area is 175 Å². The average Bonchev–Trinajstić information content (AvgIpc) is 2.79. The maximum atomic E-state index is 10.1. The topological polar surface area (TPSA) is 60.8 Å². The summed E-state index contributed by atoms with van der Waals surface area (Å²) in [6.45, 7) is 0.456. The first-order chi connectivity index (χ1) is 14.8. The number of hydrogen-bond donors (Lipinski definition) is 1. The van der Waals surface area contributed by atoms with E-state index in [1.165, 1.54) is 0 Å². The molecule has 0 radical (unpaired) electrons. The second kappa shape index (κ2) is 9.63. The first-order valence-corrected chi connectivity index (χ1v) is 9.57. The summed E-state index contributed by atoms with van der Waals surface area (Å²) in [6.07, 6.45) is 0. The molecule has 3 aromatic carbocycles. The van der Waals surface area contributed by atoms with Crippen LogP contribution in [0.1, 0.15) is 5.56 Å². The lowest BCUT2D eigenvalue weighted by Gasteiger charge is -2.13. The minimum absolute atomic E-state index is 0.244. The summed E-state index contributed by atoms with van der Waals surface area (Å²) in [5, 5.41) is 10.1. The molecule has 0 atom stereocenters. The summed E-state index contributed by atoms with van der Waals surface area (Å²) in [4.78, 5) is 4.50. The van der Waals surface area contributed by atoms with Crippen molar-refractivity contribution in [2.75, 3.05) is 0 Å². The van der Waals surface area contributed by atoms with Crippen molar-refractivity contribution < 1.29 is 19.1 Å². The third kappa shape index (κ3) is 5.18. The maximum absolute atomic E-state index is 10.1. The number of para-hydroxylation sites is 2. The summed E-state index contributed by atoms with van der Waals surface area (Å²) in [6, 6.07) is 31.9. The van der Waals surface area contributed by atoms with Crippen LogP contribution in [0.25, 0.3) is 11.3 Å². The van der Waals surface area contributed by atoms with Gasteiger partial charge in [0.25, 0.3) is 0 Å². The number of aromatic nitrogens is 1. The van der Waals surface area contributed by atoms with Crippen LogP contribution in [-0.2, 0) is 6.61 Å². The number of rotatable bonds is 8. The van der Waals surface area contributed by atoms with Gasteiger partial charge in [-0.05, 0) is 42.0 Å². The molecule has 0 unspecified atom stereocenters. The standard InChI is InChI=1S/C24H20BNO4/c27-25(29-20-12-5-2-6-13-20)30-24-17-9-15-22(26-24)21-14-7-8-16-23(21)28-18-19-10-3-1-4-11-19/h1-17,27H,18H2. The normalized spacial score (nSPS) is 10.3. The summed E-state index contributed by atoms with van der Waals surface area (Å²) < 4.78 is 16.8. The second-order valence-corrected chi connectivity index (χ2v) is 6.49. The Morgan fingerprint density at radius 3 is 2.20 bits per heavy atom. The smallest absolute Gasteiger partial charge is 0.501 e. The van der Waals surface area contributed by atoms with E-state index in [4.69, 9.17) is 14.0 Å². The second-order valence-electron chi connectivity index (χ2n) is 6.49. The van der Waals surface area contributed by atoms with Gasteiger partial charge in [-0.3, -0.25) is 0 Å². The van der Waals surface area contributed by atoms with Crippen LogP contribution in [0.5, 0.6) is 17.4 Å². The lowest BCUT2D eigenvalue weighted by Crippen LogP contribution is -2.30. The zero-order valence-corrected chi connectivity index (χ0v) is 16.2. The molecular weight excluding hydrogens is 377 g/mol. The molecule has 5 nitrogen and oxygen atoms in total. The number of ether oxygens (including phenoxy) is 1. The fourth-order valence-electron chi connectivity index (χ4n) is 2.91. The fraction of sp³-hybridized carbons (Fsp3) is 0.0417. The van der Waals surface area contributed by atoms with Gasteiger partial charge in [-0.1, -0.05) is 66.7 Å². The predicted octanol–water partition coefficient (Wildman–Crippen LogP) is 4.76. The van der Waals surface area contributed by atoms with Crippen LogP contribution in [-0.4, -0.2) is 17.3 Å². The number of nitrogens with zero attached hydrogens (tertiary/aromatic N) is 1. The van der Waals surface area contributed by atoms with Crippen molar-refractivity contribution in [2.45, 2.75) is 6.61 Å². The Hall–Kier alpha value is -3.77. The van der Waals surface area contributed by atoms with Crippen molar-refractivity contribution >= 4 is 7.32 Å². The molecule has 0 aliphatic carbocycles. The number of benzene rings is 3. The largest absolute Gasteiger partial charge is 0.786 e. The van der Waals surface area contributed by atoms with Crippen molar-refractivity contribution in [1.29, 1.82) is 0 Å². The Morgan fingerprint density at radius 1 is 0.700 bits per heavy atom. The molecule has 0 aliphatic rings. The molecule has 0 amide bonds. The van der Waals surface area contributed by atoms with Gasteiger partial charge in [-0.25, -0.2) is 4.98 Å². The van der Waals surface area contributed by atoms with Gasteiger partial charge in [0, 0.05) is 5.56 Å². The molecule has 30 heavy (non-hydrogen) atoms. The van der Waals surface area contributed by atoms with E-state index in [0.717, 1.165) is 11.1 Å². The quantitative estimate of drug-likeness (QED) is 0.435. The molecular formula is C24H20BNO4. The lowest BCUT2D eigenvalue weighted by atomic mass is 10.1. The highest BCUT2D eigenvalue weighted by atomic mass is 16.7. The maximum Gasteiger partial charge on any atom is 0.786 e. The van der Waals surface area contributed by atoms with Crippen LogP contribution in [0.15, 0.2) is 103 Å². The van der Waals surface area contributed by atoms with E-state index in [0.29, 0.717) is 23.8 Å². The van der Waals surface area contributed by atoms with E-state index in [1.54, 1.807) is 24.3 Å². The predicted molar refractivity (Wildman–Crippen MR) is 116 cm³/mol. The van der Waals surface area contributed by atoms with Crippen molar-refractivity contribution in [3.63, 3.8) is 0 Å². The molecule has 1 heterocycles. The molecule has 0 bridgehead atoms. The minimum Gasteiger partial charge on any atom is -0.501 e. The highest BCUT2D eigenvalue weighted by Gasteiger charge is 2.22. The number of hydrogen-bond acceptors (Lipinski definition) is 5. The molecule has 0 saturated carbocycles. The first-order valence-electron chi connectivity index (χ1n) is 9.57. The van der Waals surface area contributed by atoms with Crippen LogP contribution in [0.4, 0.5) is 0 Å². The van der Waals surface area contributed by atoms with Crippen molar-refractivity contribution in [3.05, 3.63) is 109 Å². The van der Waals surface area contributed by atoms with Crippen molar-refractivity contribution in [1.82, 2.24) is 4.98 Å². The monoisotopic (exact) mass is 397 g/mol. The third-order valence-corrected chi connectivity index (χ3v) is 4.33. The van der Waals surface area contributed by atoms with Gasteiger partial charge in [0.2, 0.25) is 0 Å². The molecule has 6 heteroatoms. The van der Waals surface area contributed by atoms with Crippen LogP contribution >= 0.6 is 0 Å². The van der Waals surface area contributed by atoms with E-state index in [9.17, 15) is 5.02 Å². The van der Waals surface area contributed by atoms with Crippen LogP contribution < -0.4 is 14.0 Å². The zero-order chi connectivity index (χ0) is 20.6. The van der Waals surface area contributed by atoms with Gasteiger partial charge < -0.3 is 19.1 Å². The van der Waals surface area contributed by atoms with E-state index in [-0.39, 0.29) is 5.88 Å². The van der Waals surface area contributed by atoms with Crippen LogP contribution in [0, 0.1) is 0 Å². The molecule has 0 saturated heterocycles. The van der Waals surface area contributed by atoms with Crippen molar-refractivity contribution in [2.24, 2.45) is 0 Å². The molecule has 0 fully saturated rings.